The number of fused-ring (bicyclic) bond motifs is 1. The number of ether oxygens (including phenoxy) is 1. The lowest BCUT2D eigenvalue weighted by Crippen LogP contribution is -2.23. The molecule has 0 saturated heterocycles. The first kappa shape index (κ1) is 10.5. The fraction of sp³-hybridized carbons (Fsp3) is 0.250. The Morgan fingerprint density at radius 2 is 2.25 bits per heavy atom. The van der Waals surface area contributed by atoms with Crippen molar-refractivity contribution < 1.29 is 13.9 Å². The van der Waals surface area contributed by atoms with Crippen molar-refractivity contribution in [3.05, 3.63) is 36.1 Å². The first-order valence-electron chi connectivity index (χ1n) is 5.17. The summed E-state index contributed by atoms with van der Waals surface area (Å²) in [5, 5.41) is 3.64. The average Bonchev–Trinajstić information content (AvgIpc) is 2.69. The highest BCUT2D eigenvalue weighted by Gasteiger charge is 2.05. The summed E-state index contributed by atoms with van der Waals surface area (Å²) in [6.07, 6.45) is -0.428. The number of hydrogen-bond donors (Lipinski definition) is 1. The molecule has 0 aliphatic rings. The van der Waals surface area contributed by atoms with Crippen LogP contribution >= 0.6 is 0 Å². The van der Waals surface area contributed by atoms with Crippen LogP contribution in [0, 0.1) is 0 Å². The number of furan rings is 1. The van der Waals surface area contributed by atoms with Gasteiger partial charge in [0.05, 0.1) is 13.2 Å². The molecule has 2 aromatic rings. The Morgan fingerprint density at radius 3 is 3.00 bits per heavy atom. The molecule has 2 rings (SSSR count). The van der Waals surface area contributed by atoms with E-state index in [2.05, 4.69) is 5.32 Å². The maximum Gasteiger partial charge on any atom is 0.407 e. The molecule has 1 N–H and O–H groups in total. The van der Waals surface area contributed by atoms with Crippen LogP contribution in [0.5, 0.6) is 0 Å². The van der Waals surface area contributed by atoms with Crippen LogP contribution in [0.3, 0.4) is 0 Å². The molecule has 1 amide bonds. The van der Waals surface area contributed by atoms with Gasteiger partial charge < -0.3 is 14.5 Å². The van der Waals surface area contributed by atoms with Gasteiger partial charge in [-0.1, -0.05) is 18.2 Å². The van der Waals surface area contributed by atoms with E-state index in [9.17, 15) is 4.79 Å². The number of rotatable bonds is 3. The molecule has 0 aliphatic heterocycles. The Bertz CT molecular complexity index is 457. The minimum Gasteiger partial charge on any atom is -0.459 e. The number of carbonyl (C=O) groups is 1. The highest BCUT2D eigenvalue weighted by atomic mass is 16.5. The number of alkyl carbamates (subject to hydrolysis) is 1. The smallest absolute Gasteiger partial charge is 0.407 e. The SMILES string of the molecule is CCOC(=O)NCc1cc2ccccc2o1. The molecular weight excluding hydrogens is 206 g/mol. The van der Waals surface area contributed by atoms with Crippen molar-refractivity contribution in [2.24, 2.45) is 0 Å². The molecule has 4 nitrogen and oxygen atoms in total. The largest absolute Gasteiger partial charge is 0.459 e. The molecular formula is C12H13NO3. The summed E-state index contributed by atoms with van der Waals surface area (Å²) in [5.41, 5.74) is 0.822. The molecule has 1 aromatic carbocycles. The fourth-order valence-corrected chi connectivity index (χ4v) is 1.47. The molecule has 0 radical (unpaired) electrons. The summed E-state index contributed by atoms with van der Waals surface area (Å²) in [6, 6.07) is 9.62. The highest BCUT2D eigenvalue weighted by molar-refractivity contribution is 5.77. The molecule has 0 saturated carbocycles. The molecule has 0 unspecified atom stereocenters. The van der Waals surface area contributed by atoms with Crippen molar-refractivity contribution in [1.82, 2.24) is 5.32 Å². The molecule has 0 aliphatic carbocycles. The van der Waals surface area contributed by atoms with Gasteiger partial charge in [-0.25, -0.2) is 4.79 Å². The number of nitrogens with one attached hydrogen (secondary N) is 1. The third kappa shape index (κ3) is 2.34. The van der Waals surface area contributed by atoms with E-state index in [1.807, 2.05) is 30.3 Å². The van der Waals surface area contributed by atoms with E-state index in [1.54, 1.807) is 6.92 Å². The van der Waals surface area contributed by atoms with E-state index in [0.717, 1.165) is 11.0 Å². The molecule has 0 atom stereocenters. The minimum atomic E-state index is -0.428. The molecule has 1 aromatic heterocycles. The van der Waals surface area contributed by atoms with Gasteiger partial charge in [-0.05, 0) is 19.1 Å². The van der Waals surface area contributed by atoms with E-state index >= 15 is 0 Å². The lowest BCUT2D eigenvalue weighted by atomic mass is 10.2. The van der Waals surface area contributed by atoms with Crippen molar-refractivity contribution in [1.29, 1.82) is 0 Å². The first-order valence-corrected chi connectivity index (χ1v) is 5.17. The Morgan fingerprint density at radius 1 is 1.44 bits per heavy atom. The maximum atomic E-state index is 11.1. The lowest BCUT2D eigenvalue weighted by molar-refractivity contribution is 0.151. The number of hydrogen-bond acceptors (Lipinski definition) is 3. The van der Waals surface area contributed by atoms with Gasteiger partial charge in [0.1, 0.15) is 11.3 Å². The van der Waals surface area contributed by atoms with Gasteiger partial charge in [-0.3, -0.25) is 0 Å². The Hall–Kier alpha value is -1.97. The molecule has 84 valence electrons. The quantitative estimate of drug-likeness (QED) is 0.863. The molecule has 0 fully saturated rings. The predicted octanol–water partition coefficient (Wildman–Crippen LogP) is 2.68. The van der Waals surface area contributed by atoms with Crippen molar-refractivity contribution in [3.63, 3.8) is 0 Å². The summed E-state index contributed by atoms with van der Waals surface area (Å²) < 4.78 is 10.3. The van der Waals surface area contributed by atoms with E-state index in [4.69, 9.17) is 9.15 Å². The third-order valence-electron chi connectivity index (χ3n) is 2.16. The number of carbonyl (C=O) groups excluding carboxylic acids is 1. The zero-order chi connectivity index (χ0) is 11.4. The average molecular weight is 219 g/mol. The fourth-order valence-electron chi connectivity index (χ4n) is 1.47. The van der Waals surface area contributed by atoms with Gasteiger partial charge in [0.25, 0.3) is 0 Å². The molecule has 4 heteroatoms. The Labute approximate surface area is 93.2 Å². The number of benzene rings is 1. The first-order chi connectivity index (χ1) is 7.79. The van der Waals surface area contributed by atoms with Crippen molar-refractivity contribution in [3.8, 4) is 0 Å². The zero-order valence-electron chi connectivity index (χ0n) is 9.03. The van der Waals surface area contributed by atoms with Gasteiger partial charge in [-0.15, -0.1) is 0 Å². The number of amides is 1. The van der Waals surface area contributed by atoms with Crippen LogP contribution in [0.4, 0.5) is 4.79 Å². The summed E-state index contributed by atoms with van der Waals surface area (Å²) >= 11 is 0. The number of para-hydroxylation sites is 1. The molecule has 16 heavy (non-hydrogen) atoms. The standard InChI is InChI=1S/C12H13NO3/c1-2-15-12(14)13-8-10-7-9-5-3-4-6-11(9)16-10/h3-7H,2,8H2,1H3,(H,13,14). The second kappa shape index (κ2) is 4.70. The Kier molecular flexibility index (Phi) is 3.10. The van der Waals surface area contributed by atoms with E-state index in [-0.39, 0.29) is 0 Å². The van der Waals surface area contributed by atoms with Crippen LogP contribution in [0.2, 0.25) is 0 Å². The topological polar surface area (TPSA) is 51.5 Å². The van der Waals surface area contributed by atoms with Gasteiger partial charge >= 0.3 is 6.09 Å². The third-order valence-corrected chi connectivity index (χ3v) is 2.16. The van der Waals surface area contributed by atoms with Crippen molar-refractivity contribution in [2.45, 2.75) is 13.5 Å². The second-order valence-electron chi connectivity index (χ2n) is 3.32. The molecule has 1 heterocycles. The van der Waals surface area contributed by atoms with Crippen LogP contribution in [0.1, 0.15) is 12.7 Å². The molecule has 0 spiro atoms. The van der Waals surface area contributed by atoms with Gasteiger partial charge in [0.15, 0.2) is 0 Å². The van der Waals surface area contributed by atoms with E-state index in [1.165, 1.54) is 0 Å². The van der Waals surface area contributed by atoms with Crippen molar-refractivity contribution >= 4 is 17.1 Å². The monoisotopic (exact) mass is 219 g/mol. The van der Waals surface area contributed by atoms with Gasteiger partial charge in [-0.2, -0.15) is 0 Å². The van der Waals surface area contributed by atoms with Crippen LogP contribution < -0.4 is 5.32 Å². The van der Waals surface area contributed by atoms with Gasteiger partial charge in [0, 0.05) is 5.39 Å². The van der Waals surface area contributed by atoms with Crippen LogP contribution in [-0.4, -0.2) is 12.7 Å². The van der Waals surface area contributed by atoms with Crippen LogP contribution in [-0.2, 0) is 11.3 Å². The summed E-state index contributed by atoms with van der Waals surface area (Å²) in [7, 11) is 0. The van der Waals surface area contributed by atoms with Gasteiger partial charge in [0.2, 0.25) is 0 Å². The maximum absolute atomic E-state index is 11.1. The van der Waals surface area contributed by atoms with Crippen molar-refractivity contribution in [2.75, 3.05) is 6.61 Å². The second-order valence-corrected chi connectivity index (χ2v) is 3.32. The predicted molar refractivity (Wildman–Crippen MR) is 60.1 cm³/mol. The van der Waals surface area contributed by atoms with Crippen LogP contribution in [0.25, 0.3) is 11.0 Å². The molecule has 0 bridgehead atoms. The Balaban J connectivity index is 2.02. The van der Waals surface area contributed by atoms with E-state index < -0.39 is 6.09 Å². The van der Waals surface area contributed by atoms with Crippen LogP contribution in [0.15, 0.2) is 34.7 Å². The zero-order valence-corrected chi connectivity index (χ0v) is 9.03. The highest BCUT2D eigenvalue weighted by Crippen LogP contribution is 2.18. The lowest BCUT2D eigenvalue weighted by Gasteiger charge is -2.01. The minimum absolute atomic E-state index is 0.341. The summed E-state index contributed by atoms with van der Waals surface area (Å²) in [6.45, 7) is 2.47. The summed E-state index contributed by atoms with van der Waals surface area (Å²) in [4.78, 5) is 11.1. The van der Waals surface area contributed by atoms with E-state index in [0.29, 0.717) is 18.9 Å². The normalized spacial score (nSPS) is 10.3. The summed E-state index contributed by atoms with van der Waals surface area (Å²) in [5.74, 6) is 0.717.